The summed E-state index contributed by atoms with van der Waals surface area (Å²) in [6, 6.07) is 17.7. The van der Waals surface area contributed by atoms with Crippen LogP contribution in [0.5, 0.6) is 0 Å². The molecule has 23 heavy (non-hydrogen) atoms. The van der Waals surface area contributed by atoms with Gasteiger partial charge in [-0.25, -0.2) is 4.79 Å². The quantitative estimate of drug-likeness (QED) is 0.886. The maximum Gasteiger partial charge on any atom is 0.325 e. The standard InChI is InChI=1S/C18H15N3O2/c1-18(15-8-3-2-4-9-15)16(22)21(17(23)20-18)12-14-7-5-6-13(10-14)11-19/h2-10H,12H2,1H3,(H,20,23). The van der Waals surface area contributed by atoms with Crippen molar-refractivity contribution < 1.29 is 9.59 Å². The number of nitrogens with one attached hydrogen (secondary N) is 1. The Balaban J connectivity index is 1.89. The third-order valence-electron chi connectivity index (χ3n) is 4.02. The first-order valence-electron chi connectivity index (χ1n) is 7.23. The van der Waals surface area contributed by atoms with Crippen LogP contribution >= 0.6 is 0 Å². The Morgan fingerprint density at radius 2 is 1.87 bits per heavy atom. The number of hydrogen-bond donors (Lipinski definition) is 1. The van der Waals surface area contributed by atoms with E-state index in [4.69, 9.17) is 5.26 Å². The highest BCUT2D eigenvalue weighted by molar-refractivity contribution is 6.07. The van der Waals surface area contributed by atoms with Crippen molar-refractivity contribution in [3.8, 4) is 6.07 Å². The van der Waals surface area contributed by atoms with Gasteiger partial charge >= 0.3 is 6.03 Å². The van der Waals surface area contributed by atoms with Gasteiger partial charge in [0, 0.05) is 0 Å². The second-order valence-electron chi connectivity index (χ2n) is 5.62. The smallest absolute Gasteiger partial charge is 0.319 e. The van der Waals surface area contributed by atoms with E-state index in [9.17, 15) is 9.59 Å². The average molecular weight is 305 g/mol. The van der Waals surface area contributed by atoms with E-state index in [1.807, 2.05) is 30.3 Å². The van der Waals surface area contributed by atoms with Crippen LogP contribution in [0.4, 0.5) is 4.79 Å². The van der Waals surface area contributed by atoms with Gasteiger partial charge in [0.1, 0.15) is 5.54 Å². The summed E-state index contributed by atoms with van der Waals surface area (Å²) in [5.41, 5.74) is 0.919. The van der Waals surface area contributed by atoms with E-state index < -0.39 is 11.6 Å². The Morgan fingerprint density at radius 1 is 1.13 bits per heavy atom. The van der Waals surface area contributed by atoms with Gasteiger partial charge in [0.15, 0.2) is 0 Å². The first-order chi connectivity index (χ1) is 11.0. The van der Waals surface area contributed by atoms with E-state index in [-0.39, 0.29) is 12.5 Å². The summed E-state index contributed by atoms with van der Waals surface area (Å²) in [5, 5.41) is 11.7. The summed E-state index contributed by atoms with van der Waals surface area (Å²) in [6.07, 6.45) is 0. The molecule has 1 aliphatic heterocycles. The Bertz CT molecular complexity index is 811. The minimum atomic E-state index is -1.06. The van der Waals surface area contributed by atoms with Crippen molar-refractivity contribution in [2.75, 3.05) is 0 Å². The van der Waals surface area contributed by atoms with Gasteiger partial charge in [-0.1, -0.05) is 42.5 Å². The number of nitrogens with zero attached hydrogens (tertiary/aromatic N) is 2. The molecule has 1 unspecified atom stereocenters. The highest BCUT2D eigenvalue weighted by atomic mass is 16.2. The molecule has 1 aliphatic rings. The van der Waals surface area contributed by atoms with Crippen molar-refractivity contribution in [2.24, 2.45) is 0 Å². The normalized spacial score (nSPS) is 20.3. The molecular formula is C18H15N3O2. The fourth-order valence-electron chi connectivity index (χ4n) is 2.73. The average Bonchev–Trinajstić information content (AvgIpc) is 2.80. The van der Waals surface area contributed by atoms with Crippen LogP contribution in [0.15, 0.2) is 54.6 Å². The Hall–Kier alpha value is -3.13. The van der Waals surface area contributed by atoms with Gasteiger partial charge < -0.3 is 5.32 Å². The summed E-state index contributed by atoms with van der Waals surface area (Å²) >= 11 is 0. The number of hydrogen-bond acceptors (Lipinski definition) is 3. The molecular weight excluding hydrogens is 290 g/mol. The minimum Gasteiger partial charge on any atom is -0.319 e. The monoisotopic (exact) mass is 305 g/mol. The van der Waals surface area contributed by atoms with Crippen molar-refractivity contribution in [2.45, 2.75) is 19.0 Å². The van der Waals surface area contributed by atoms with Gasteiger partial charge in [-0.15, -0.1) is 0 Å². The highest BCUT2D eigenvalue weighted by Gasteiger charge is 2.48. The summed E-state index contributed by atoms with van der Waals surface area (Å²) < 4.78 is 0. The molecule has 1 heterocycles. The zero-order valence-corrected chi connectivity index (χ0v) is 12.6. The first-order valence-corrected chi connectivity index (χ1v) is 7.23. The van der Waals surface area contributed by atoms with Gasteiger partial charge in [-0.2, -0.15) is 5.26 Å². The van der Waals surface area contributed by atoms with Crippen LogP contribution in [0.2, 0.25) is 0 Å². The Morgan fingerprint density at radius 3 is 2.57 bits per heavy atom. The number of amides is 3. The van der Waals surface area contributed by atoms with Crippen LogP contribution < -0.4 is 5.32 Å². The summed E-state index contributed by atoms with van der Waals surface area (Å²) in [5.74, 6) is -0.295. The number of imide groups is 1. The molecule has 0 bridgehead atoms. The largest absolute Gasteiger partial charge is 0.325 e. The molecule has 3 amide bonds. The fourth-order valence-corrected chi connectivity index (χ4v) is 2.73. The number of carbonyl (C=O) groups is 2. The van der Waals surface area contributed by atoms with E-state index in [0.717, 1.165) is 11.1 Å². The molecule has 5 nitrogen and oxygen atoms in total. The van der Waals surface area contributed by atoms with E-state index >= 15 is 0 Å². The highest BCUT2D eigenvalue weighted by Crippen LogP contribution is 2.29. The lowest BCUT2D eigenvalue weighted by Crippen LogP contribution is -2.40. The summed E-state index contributed by atoms with van der Waals surface area (Å²) in [4.78, 5) is 26.2. The predicted octanol–water partition coefficient (Wildman–Crippen LogP) is 2.53. The van der Waals surface area contributed by atoms with Gasteiger partial charge in [0.05, 0.1) is 18.2 Å². The van der Waals surface area contributed by atoms with E-state index in [0.29, 0.717) is 5.56 Å². The van der Waals surface area contributed by atoms with Gasteiger partial charge in [-0.05, 0) is 30.2 Å². The maximum atomic E-state index is 12.8. The van der Waals surface area contributed by atoms with Crippen LogP contribution in [0.25, 0.3) is 0 Å². The molecule has 2 aromatic carbocycles. The third-order valence-corrected chi connectivity index (χ3v) is 4.02. The van der Waals surface area contributed by atoms with Crippen LogP contribution in [-0.2, 0) is 16.9 Å². The Kier molecular flexibility index (Phi) is 3.59. The predicted molar refractivity (Wildman–Crippen MR) is 84.0 cm³/mol. The van der Waals surface area contributed by atoms with E-state index in [2.05, 4.69) is 11.4 Å². The number of carbonyl (C=O) groups excluding carboxylic acids is 2. The molecule has 0 aliphatic carbocycles. The topological polar surface area (TPSA) is 73.2 Å². The zero-order chi connectivity index (χ0) is 16.4. The lowest BCUT2D eigenvalue weighted by Gasteiger charge is -2.22. The second kappa shape index (κ2) is 5.58. The minimum absolute atomic E-state index is 0.141. The molecule has 1 saturated heterocycles. The lowest BCUT2D eigenvalue weighted by molar-refractivity contribution is -0.131. The van der Waals surface area contributed by atoms with Crippen molar-refractivity contribution in [3.05, 3.63) is 71.3 Å². The molecule has 0 radical (unpaired) electrons. The SMILES string of the molecule is CC1(c2ccccc2)NC(=O)N(Cc2cccc(C#N)c2)C1=O. The molecule has 1 atom stereocenters. The van der Waals surface area contributed by atoms with E-state index in [1.165, 1.54) is 4.90 Å². The van der Waals surface area contributed by atoms with Crippen LogP contribution in [-0.4, -0.2) is 16.8 Å². The molecule has 5 heteroatoms. The molecule has 1 fully saturated rings. The number of nitriles is 1. The van der Waals surface area contributed by atoms with Crippen LogP contribution in [0, 0.1) is 11.3 Å². The van der Waals surface area contributed by atoms with Crippen molar-refractivity contribution in [1.82, 2.24) is 10.2 Å². The van der Waals surface area contributed by atoms with Crippen LogP contribution in [0.3, 0.4) is 0 Å². The molecule has 114 valence electrons. The van der Waals surface area contributed by atoms with Crippen molar-refractivity contribution >= 4 is 11.9 Å². The van der Waals surface area contributed by atoms with Crippen molar-refractivity contribution in [3.63, 3.8) is 0 Å². The lowest BCUT2D eigenvalue weighted by atomic mass is 9.92. The van der Waals surface area contributed by atoms with Gasteiger partial charge in [-0.3, -0.25) is 9.69 Å². The summed E-state index contributed by atoms with van der Waals surface area (Å²) in [7, 11) is 0. The molecule has 1 N–H and O–H groups in total. The van der Waals surface area contributed by atoms with Crippen molar-refractivity contribution in [1.29, 1.82) is 5.26 Å². The number of rotatable bonds is 3. The van der Waals surface area contributed by atoms with Gasteiger partial charge in [0.2, 0.25) is 0 Å². The number of urea groups is 1. The molecule has 3 rings (SSSR count). The molecule has 0 saturated carbocycles. The van der Waals surface area contributed by atoms with Crippen LogP contribution in [0.1, 0.15) is 23.6 Å². The zero-order valence-electron chi connectivity index (χ0n) is 12.6. The molecule has 2 aromatic rings. The third kappa shape index (κ3) is 2.55. The molecule has 0 spiro atoms. The van der Waals surface area contributed by atoms with E-state index in [1.54, 1.807) is 31.2 Å². The second-order valence-corrected chi connectivity index (χ2v) is 5.62. The maximum absolute atomic E-state index is 12.8. The van der Waals surface area contributed by atoms with Gasteiger partial charge in [0.25, 0.3) is 5.91 Å². The first kappa shape index (κ1) is 14.8. The number of benzene rings is 2. The molecule has 0 aromatic heterocycles. The Labute approximate surface area is 134 Å². The fraction of sp³-hybridized carbons (Fsp3) is 0.167. The summed E-state index contributed by atoms with van der Waals surface area (Å²) in [6.45, 7) is 1.84.